The van der Waals surface area contributed by atoms with Crippen LogP contribution in [0.2, 0.25) is 0 Å². The Morgan fingerprint density at radius 2 is 2.56 bits per heavy atom. The summed E-state index contributed by atoms with van der Waals surface area (Å²) >= 11 is 1.89. The van der Waals surface area contributed by atoms with Crippen LogP contribution >= 0.6 is 11.8 Å². The van der Waals surface area contributed by atoms with Crippen molar-refractivity contribution in [2.45, 2.75) is 25.9 Å². The number of aromatic nitrogens is 1. The standard InChI is InChI=1S/C11H17N3OS/c1-2-14-6-8(12)5-10(14)11(15)13-9-3-4-16-7-9/h5-6,9H,2-4,7,12H2,1H3,(H,13,15). The van der Waals surface area contributed by atoms with E-state index < -0.39 is 0 Å². The second-order valence-corrected chi connectivity index (χ2v) is 5.13. The highest BCUT2D eigenvalue weighted by atomic mass is 32.2. The number of nitrogens with zero attached hydrogens (tertiary/aromatic N) is 1. The molecule has 0 radical (unpaired) electrons. The van der Waals surface area contributed by atoms with Gasteiger partial charge in [0.1, 0.15) is 5.69 Å². The average Bonchev–Trinajstić information content (AvgIpc) is 2.86. The quantitative estimate of drug-likeness (QED) is 0.836. The first kappa shape index (κ1) is 11.4. The highest BCUT2D eigenvalue weighted by Crippen LogP contribution is 2.18. The largest absolute Gasteiger partial charge is 0.397 e. The lowest BCUT2D eigenvalue weighted by Crippen LogP contribution is -2.35. The molecule has 4 nitrogen and oxygen atoms in total. The third-order valence-electron chi connectivity index (χ3n) is 2.76. The molecule has 0 saturated carbocycles. The van der Waals surface area contributed by atoms with Gasteiger partial charge in [0.2, 0.25) is 0 Å². The number of nitrogen functional groups attached to an aromatic ring is 1. The number of anilines is 1. The SMILES string of the molecule is CCn1cc(N)cc1C(=O)NC1CCSC1. The topological polar surface area (TPSA) is 60.0 Å². The van der Waals surface area contributed by atoms with Gasteiger partial charge in [-0.05, 0) is 25.2 Å². The number of thioether (sulfide) groups is 1. The first-order valence-electron chi connectivity index (χ1n) is 5.55. The van der Waals surface area contributed by atoms with Crippen molar-refractivity contribution in [1.82, 2.24) is 9.88 Å². The minimum absolute atomic E-state index is 0.00829. The lowest BCUT2D eigenvalue weighted by Gasteiger charge is -2.12. The van der Waals surface area contributed by atoms with Crippen LogP contribution in [0.25, 0.3) is 0 Å². The summed E-state index contributed by atoms with van der Waals surface area (Å²) < 4.78 is 1.88. The number of amides is 1. The van der Waals surface area contributed by atoms with Crippen molar-refractivity contribution < 1.29 is 4.79 Å². The van der Waals surface area contributed by atoms with Gasteiger partial charge in [-0.25, -0.2) is 0 Å². The molecule has 5 heteroatoms. The van der Waals surface area contributed by atoms with Crippen LogP contribution in [0.15, 0.2) is 12.3 Å². The number of nitrogens with two attached hydrogens (primary N) is 1. The number of carbonyl (C=O) groups excluding carboxylic acids is 1. The van der Waals surface area contributed by atoms with E-state index in [0.717, 1.165) is 24.5 Å². The number of carbonyl (C=O) groups is 1. The summed E-state index contributed by atoms with van der Waals surface area (Å²) in [6.07, 6.45) is 2.87. The Labute approximate surface area is 99.6 Å². The van der Waals surface area contributed by atoms with Crippen LogP contribution < -0.4 is 11.1 Å². The summed E-state index contributed by atoms with van der Waals surface area (Å²) in [7, 11) is 0. The summed E-state index contributed by atoms with van der Waals surface area (Å²) in [5.74, 6) is 2.15. The predicted molar refractivity (Wildman–Crippen MR) is 67.7 cm³/mol. The molecule has 1 fully saturated rings. The zero-order valence-corrected chi connectivity index (χ0v) is 10.2. The van der Waals surface area contributed by atoms with Crippen LogP contribution in [0, 0.1) is 0 Å². The normalized spacial score (nSPS) is 19.9. The van der Waals surface area contributed by atoms with E-state index in [2.05, 4.69) is 5.32 Å². The van der Waals surface area contributed by atoms with Gasteiger partial charge in [0.25, 0.3) is 5.91 Å². The highest BCUT2D eigenvalue weighted by molar-refractivity contribution is 7.99. The number of aryl methyl sites for hydroxylation is 1. The van der Waals surface area contributed by atoms with Crippen molar-refractivity contribution in [3.63, 3.8) is 0 Å². The number of rotatable bonds is 3. The molecule has 0 bridgehead atoms. The van der Waals surface area contributed by atoms with E-state index in [1.165, 1.54) is 0 Å². The lowest BCUT2D eigenvalue weighted by atomic mass is 10.2. The van der Waals surface area contributed by atoms with Gasteiger partial charge in [0.15, 0.2) is 0 Å². The van der Waals surface area contributed by atoms with Crippen molar-refractivity contribution in [2.75, 3.05) is 17.2 Å². The first-order chi connectivity index (χ1) is 7.70. The fourth-order valence-corrected chi connectivity index (χ4v) is 3.05. The zero-order chi connectivity index (χ0) is 11.5. The molecule has 0 aliphatic carbocycles. The summed E-state index contributed by atoms with van der Waals surface area (Å²) in [6.45, 7) is 2.76. The molecule has 2 rings (SSSR count). The van der Waals surface area contributed by atoms with E-state index in [1.807, 2.05) is 23.3 Å². The molecule has 1 unspecified atom stereocenters. The van der Waals surface area contributed by atoms with E-state index in [0.29, 0.717) is 17.4 Å². The molecule has 1 saturated heterocycles. The van der Waals surface area contributed by atoms with Crippen LogP contribution in [0.5, 0.6) is 0 Å². The smallest absolute Gasteiger partial charge is 0.268 e. The third-order valence-corrected chi connectivity index (χ3v) is 3.92. The number of hydrogen-bond acceptors (Lipinski definition) is 3. The Kier molecular flexibility index (Phi) is 3.43. The maximum Gasteiger partial charge on any atom is 0.268 e. The summed E-state index contributed by atoms with van der Waals surface area (Å²) in [6, 6.07) is 2.06. The molecular formula is C11H17N3OS. The monoisotopic (exact) mass is 239 g/mol. The Bertz CT molecular complexity index is 383. The van der Waals surface area contributed by atoms with Crippen molar-refractivity contribution in [3.05, 3.63) is 18.0 Å². The molecule has 1 aliphatic heterocycles. The predicted octanol–water partition coefficient (Wildman–Crippen LogP) is 1.33. The molecule has 1 atom stereocenters. The van der Waals surface area contributed by atoms with Crippen LogP contribution in [-0.4, -0.2) is 28.0 Å². The molecule has 2 heterocycles. The number of nitrogens with one attached hydrogen (secondary N) is 1. The van der Waals surface area contributed by atoms with Gasteiger partial charge < -0.3 is 15.6 Å². The Morgan fingerprint density at radius 1 is 1.75 bits per heavy atom. The van der Waals surface area contributed by atoms with Gasteiger partial charge in [-0.3, -0.25) is 4.79 Å². The minimum atomic E-state index is -0.00829. The van der Waals surface area contributed by atoms with E-state index >= 15 is 0 Å². The third kappa shape index (κ3) is 2.35. The Hall–Kier alpha value is -1.10. The molecule has 1 aromatic heterocycles. The fourth-order valence-electron chi connectivity index (χ4n) is 1.89. The van der Waals surface area contributed by atoms with Gasteiger partial charge in [0.05, 0.1) is 5.69 Å². The van der Waals surface area contributed by atoms with E-state index in [9.17, 15) is 4.79 Å². The maximum absolute atomic E-state index is 12.0. The van der Waals surface area contributed by atoms with Crippen molar-refractivity contribution in [2.24, 2.45) is 0 Å². The maximum atomic E-state index is 12.0. The van der Waals surface area contributed by atoms with Crippen molar-refractivity contribution in [3.8, 4) is 0 Å². The minimum Gasteiger partial charge on any atom is -0.397 e. The number of hydrogen-bond donors (Lipinski definition) is 2. The molecule has 3 N–H and O–H groups in total. The van der Waals surface area contributed by atoms with E-state index in [4.69, 9.17) is 5.73 Å². The van der Waals surface area contributed by atoms with Crippen molar-refractivity contribution in [1.29, 1.82) is 0 Å². The molecule has 0 spiro atoms. The van der Waals surface area contributed by atoms with Gasteiger partial charge in [0, 0.05) is 24.5 Å². The lowest BCUT2D eigenvalue weighted by molar-refractivity contribution is 0.0932. The highest BCUT2D eigenvalue weighted by Gasteiger charge is 2.20. The van der Waals surface area contributed by atoms with E-state index in [1.54, 1.807) is 12.3 Å². The van der Waals surface area contributed by atoms with Crippen LogP contribution in [0.4, 0.5) is 5.69 Å². The second kappa shape index (κ2) is 4.82. The van der Waals surface area contributed by atoms with Gasteiger partial charge in [-0.2, -0.15) is 11.8 Å². The first-order valence-corrected chi connectivity index (χ1v) is 6.70. The Morgan fingerprint density at radius 3 is 3.19 bits per heavy atom. The fraction of sp³-hybridized carbons (Fsp3) is 0.545. The Balaban J connectivity index is 2.07. The average molecular weight is 239 g/mol. The van der Waals surface area contributed by atoms with Gasteiger partial charge in [-0.15, -0.1) is 0 Å². The van der Waals surface area contributed by atoms with Crippen molar-refractivity contribution >= 4 is 23.4 Å². The van der Waals surface area contributed by atoms with Gasteiger partial charge in [-0.1, -0.05) is 0 Å². The summed E-state index contributed by atoms with van der Waals surface area (Å²) in [5, 5.41) is 3.05. The molecule has 88 valence electrons. The molecule has 0 aromatic carbocycles. The molecular weight excluding hydrogens is 222 g/mol. The zero-order valence-electron chi connectivity index (χ0n) is 9.40. The van der Waals surface area contributed by atoms with Crippen LogP contribution in [0.3, 0.4) is 0 Å². The van der Waals surface area contributed by atoms with Crippen LogP contribution in [0.1, 0.15) is 23.8 Å². The molecule has 1 aromatic rings. The van der Waals surface area contributed by atoms with Crippen LogP contribution in [-0.2, 0) is 6.54 Å². The molecule has 16 heavy (non-hydrogen) atoms. The second-order valence-electron chi connectivity index (χ2n) is 3.98. The summed E-state index contributed by atoms with van der Waals surface area (Å²) in [4.78, 5) is 12.0. The van der Waals surface area contributed by atoms with E-state index in [-0.39, 0.29) is 5.91 Å². The molecule has 1 amide bonds. The van der Waals surface area contributed by atoms with Gasteiger partial charge >= 0.3 is 0 Å². The summed E-state index contributed by atoms with van der Waals surface area (Å²) in [5.41, 5.74) is 7.01. The molecule has 1 aliphatic rings.